The van der Waals surface area contributed by atoms with Gasteiger partial charge in [0.25, 0.3) is 0 Å². The molecule has 0 aliphatic carbocycles. The highest BCUT2D eigenvalue weighted by molar-refractivity contribution is 5.79. The Morgan fingerprint density at radius 3 is 2.93 bits per heavy atom. The van der Waals surface area contributed by atoms with Crippen LogP contribution in [0.3, 0.4) is 0 Å². The third-order valence-electron chi connectivity index (χ3n) is 5.35. The zero-order chi connectivity index (χ0) is 19.5. The van der Waals surface area contributed by atoms with Crippen LogP contribution in [0.1, 0.15) is 30.9 Å². The van der Waals surface area contributed by atoms with Crippen LogP contribution >= 0.6 is 0 Å². The van der Waals surface area contributed by atoms with Gasteiger partial charge in [0.1, 0.15) is 5.75 Å². The van der Waals surface area contributed by atoms with Crippen molar-refractivity contribution in [3.63, 3.8) is 0 Å². The predicted molar refractivity (Wildman–Crippen MR) is 107 cm³/mol. The SMILES string of the molecule is COc1cccc(C2CCCN2C(=O)CCn2ncc(=O)c3ccccc32)c1. The molecule has 1 fully saturated rings. The van der Waals surface area contributed by atoms with Crippen molar-refractivity contribution in [3.8, 4) is 5.75 Å². The Morgan fingerprint density at radius 1 is 1.21 bits per heavy atom. The molecule has 0 radical (unpaired) electrons. The number of para-hydroxylation sites is 1. The maximum Gasteiger partial charge on any atom is 0.224 e. The first-order valence-electron chi connectivity index (χ1n) is 9.55. The van der Waals surface area contributed by atoms with E-state index in [9.17, 15) is 9.59 Å². The number of nitrogens with zero attached hydrogens (tertiary/aromatic N) is 3. The highest BCUT2D eigenvalue weighted by atomic mass is 16.5. The lowest BCUT2D eigenvalue weighted by Gasteiger charge is -2.25. The number of hydrogen-bond donors (Lipinski definition) is 0. The van der Waals surface area contributed by atoms with Crippen molar-refractivity contribution in [3.05, 3.63) is 70.5 Å². The number of benzene rings is 2. The van der Waals surface area contributed by atoms with Crippen molar-refractivity contribution in [2.24, 2.45) is 0 Å². The van der Waals surface area contributed by atoms with Gasteiger partial charge in [-0.2, -0.15) is 5.10 Å². The maximum atomic E-state index is 13.0. The van der Waals surface area contributed by atoms with Crippen molar-refractivity contribution >= 4 is 16.8 Å². The van der Waals surface area contributed by atoms with Crippen LogP contribution in [-0.4, -0.2) is 34.2 Å². The summed E-state index contributed by atoms with van der Waals surface area (Å²) in [5, 5.41) is 4.85. The van der Waals surface area contributed by atoms with Gasteiger partial charge >= 0.3 is 0 Å². The standard InChI is InChI=1S/C22H23N3O3/c1-28-17-7-4-6-16(14-17)19-10-5-12-24(19)22(27)11-13-25-20-9-3-2-8-18(20)21(26)15-23-25/h2-4,6-9,14-15,19H,5,10-13H2,1H3. The second kappa shape index (κ2) is 7.84. The quantitative estimate of drug-likeness (QED) is 0.685. The van der Waals surface area contributed by atoms with E-state index in [1.165, 1.54) is 6.20 Å². The molecule has 1 aromatic heterocycles. The van der Waals surface area contributed by atoms with Crippen LogP contribution in [0.5, 0.6) is 5.75 Å². The van der Waals surface area contributed by atoms with Crippen molar-refractivity contribution in [1.82, 2.24) is 14.7 Å². The van der Waals surface area contributed by atoms with E-state index < -0.39 is 0 Å². The summed E-state index contributed by atoms with van der Waals surface area (Å²) in [5.74, 6) is 0.913. The number of aromatic nitrogens is 2. The third-order valence-corrected chi connectivity index (χ3v) is 5.35. The molecule has 0 bridgehead atoms. The van der Waals surface area contributed by atoms with Gasteiger partial charge in [0.2, 0.25) is 11.3 Å². The average Bonchev–Trinajstić information content (AvgIpc) is 3.23. The van der Waals surface area contributed by atoms with Crippen LogP contribution < -0.4 is 10.2 Å². The summed E-state index contributed by atoms with van der Waals surface area (Å²) in [6.07, 6.45) is 3.62. The highest BCUT2D eigenvalue weighted by Crippen LogP contribution is 2.33. The van der Waals surface area contributed by atoms with Crippen LogP contribution in [0.2, 0.25) is 0 Å². The number of carbonyl (C=O) groups is 1. The lowest BCUT2D eigenvalue weighted by atomic mass is 10.0. The molecule has 1 amide bonds. The Balaban J connectivity index is 1.51. The van der Waals surface area contributed by atoms with E-state index >= 15 is 0 Å². The fourth-order valence-electron chi connectivity index (χ4n) is 3.94. The zero-order valence-corrected chi connectivity index (χ0v) is 15.9. The molecule has 3 aromatic rings. The van der Waals surface area contributed by atoms with Crippen LogP contribution in [0, 0.1) is 0 Å². The predicted octanol–water partition coefficient (Wildman–Crippen LogP) is 3.16. The molecule has 2 heterocycles. The van der Waals surface area contributed by atoms with Gasteiger partial charge in [-0.1, -0.05) is 24.3 Å². The van der Waals surface area contributed by atoms with E-state index in [1.807, 2.05) is 41.3 Å². The lowest BCUT2D eigenvalue weighted by molar-refractivity contribution is -0.132. The fourth-order valence-corrected chi connectivity index (χ4v) is 3.94. The number of carbonyl (C=O) groups excluding carboxylic acids is 1. The lowest BCUT2D eigenvalue weighted by Crippen LogP contribution is -2.31. The number of fused-ring (bicyclic) bond motifs is 1. The minimum Gasteiger partial charge on any atom is -0.497 e. The van der Waals surface area contributed by atoms with Crippen LogP contribution in [0.4, 0.5) is 0 Å². The molecule has 1 atom stereocenters. The van der Waals surface area contributed by atoms with Crippen molar-refractivity contribution in [2.75, 3.05) is 13.7 Å². The summed E-state index contributed by atoms with van der Waals surface area (Å²) in [7, 11) is 1.65. The Hall–Kier alpha value is -3.15. The molecule has 0 spiro atoms. The van der Waals surface area contributed by atoms with E-state index in [4.69, 9.17) is 4.74 Å². The number of methoxy groups -OCH3 is 1. The van der Waals surface area contributed by atoms with Gasteiger partial charge in [-0.25, -0.2) is 0 Å². The summed E-state index contributed by atoms with van der Waals surface area (Å²) < 4.78 is 7.07. The highest BCUT2D eigenvalue weighted by Gasteiger charge is 2.29. The summed E-state index contributed by atoms with van der Waals surface area (Å²) in [5.41, 5.74) is 1.77. The Bertz CT molecular complexity index is 1060. The normalized spacial score (nSPS) is 16.5. The molecule has 6 heteroatoms. The number of amides is 1. The van der Waals surface area contributed by atoms with E-state index in [-0.39, 0.29) is 17.4 Å². The number of aryl methyl sites for hydroxylation is 1. The molecule has 1 saturated heterocycles. The van der Waals surface area contributed by atoms with Gasteiger partial charge in [-0.05, 0) is 42.7 Å². The molecule has 1 aliphatic rings. The average molecular weight is 377 g/mol. The van der Waals surface area contributed by atoms with Crippen LogP contribution in [0.25, 0.3) is 10.9 Å². The van der Waals surface area contributed by atoms with Crippen molar-refractivity contribution < 1.29 is 9.53 Å². The molecule has 6 nitrogen and oxygen atoms in total. The molecular formula is C22H23N3O3. The first kappa shape index (κ1) is 18.2. The monoisotopic (exact) mass is 377 g/mol. The number of hydrogen-bond acceptors (Lipinski definition) is 4. The molecular weight excluding hydrogens is 354 g/mol. The molecule has 0 N–H and O–H groups in total. The molecule has 144 valence electrons. The topological polar surface area (TPSA) is 64.4 Å². The van der Waals surface area contributed by atoms with E-state index in [0.717, 1.165) is 36.2 Å². The largest absolute Gasteiger partial charge is 0.497 e. The Morgan fingerprint density at radius 2 is 2.07 bits per heavy atom. The van der Waals surface area contributed by atoms with Gasteiger partial charge in [-0.3, -0.25) is 14.3 Å². The second-order valence-electron chi connectivity index (χ2n) is 7.02. The first-order valence-corrected chi connectivity index (χ1v) is 9.55. The number of rotatable bonds is 5. The summed E-state index contributed by atoms with van der Waals surface area (Å²) in [4.78, 5) is 26.9. The summed E-state index contributed by atoms with van der Waals surface area (Å²) in [6.45, 7) is 1.21. The van der Waals surface area contributed by atoms with Gasteiger partial charge in [0.05, 0.1) is 31.4 Å². The zero-order valence-electron chi connectivity index (χ0n) is 15.9. The molecule has 4 rings (SSSR count). The molecule has 0 saturated carbocycles. The molecule has 28 heavy (non-hydrogen) atoms. The number of ether oxygens (including phenoxy) is 1. The molecule has 1 unspecified atom stereocenters. The summed E-state index contributed by atoms with van der Waals surface area (Å²) >= 11 is 0. The minimum absolute atomic E-state index is 0.0846. The van der Waals surface area contributed by atoms with Gasteiger partial charge in [-0.15, -0.1) is 0 Å². The van der Waals surface area contributed by atoms with Gasteiger partial charge < -0.3 is 9.64 Å². The molecule has 2 aromatic carbocycles. The maximum absolute atomic E-state index is 13.0. The fraction of sp³-hybridized carbons (Fsp3) is 0.318. The summed E-state index contributed by atoms with van der Waals surface area (Å²) in [6, 6.07) is 15.4. The second-order valence-corrected chi connectivity index (χ2v) is 7.02. The van der Waals surface area contributed by atoms with Crippen LogP contribution in [0.15, 0.2) is 59.5 Å². The smallest absolute Gasteiger partial charge is 0.224 e. The minimum atomic E-state index is -0.101. The van der Waals surface area contributed by atoms with E-state index in [1.54, 1.807) is 17.9 Å². The number of likely N-dealkylation sites (tertiary alicyclic amines) is 1. The van der Waals surface area contributed by atoms with Gasteiger partial charge in [0.15, 0.2) is 0 Å². The van der Waals surface area contributed by atoms with Crippen molar-refractivity contribution in [1.29, 1.82) is 0 Å². The Kier molecular flexibility index (Phi) is 5.10. The molecule has 1 aliphatic heterocycles. The van der Waals surface area contributed by atoms with E-state index in [2.05, 4.69) is 11.2 Å². The van der Waals surface area contributed by atoms with Crippen LogP contribution in [-0.2, 0) is 11.3 Å². The van der Waals surface area contributed by atoms with E-state index in [0.29, 0.717) is 18.4 Å². The van der Waals surface area contributed by atoms with Gasteiger partial charge in [0, 0.05) is 18.4 Å². The Labute approximate surface area is 163 Å². The van der Waals surface area contributed by atoms with Crippen molar-refractivity contribution in [2.45, 2.75) is 31.8 Å². The first-order chi connectivity index (χ1) is 13.7. The third kappa shape index (κ3) is 3.50.